The first kappa shape index (κ1) is 16.5. The fraction of sp³-hybridized carbons (Fsp3) is 0.500. The second kappa shape index (κ2) is 5.89. The molecule has 1 aromatic rings. The van der Waals surface area contributed by atoms with Gasteiger partial charge in [-0.3, -0.25) is 0 Å². The zero-order chi connectivity index (χ0) is 12.4. The van der Waals surface area contributed by atoms with Crippen LogP contribution in [0.3, 0.4) is 0 Å². The van der Waals surface area contributed by atoms with E-state index in [1.54, 1.807) is 20.8 Å². The van der Waals surface area contributed by atoms with E-state index in [0.29, 0.717) is 0 Å². The SMILES string of the molecule is CC(NS(=O)(=O)C(C)(C)C)c1ccccc1.S. The molecule has 1 rings (SSSR count). The maximum absolute atomic E-state index is 11.9. The minimum atomic E-state index is -3.30. The molecule has 5 heteroatoms. The summed E-state index contributed by atoms with van der Waals surface area (Å²) in [6.45, 7) is 6.91. The molecule has 0 fully saturated rings. The monoisotopic (exact) mass is 275 g/mol. The van der Waals surface area contributed by atoms with E-state index in [1.807, 2.05) is 37.3 Å². The molecule has 0 aliphatic carbocycles. The molecule has 0 aliphatic rings. The van der Waals surface area contributed by atoms with Gasteiger partial charge in [-0.25, -0.2) is 13.1 Å². The molecule has 3 nitrogen and oxygen atoms in total. The molecule has 17 heavy (non-hydrogen) atoms. The second-order valence-electron chi connectivity index (χ2n) is 4.87. The third kappa shape index (κ3) is 4.33. The van der Waals surface area contributed by atoms with Gasteiger partial charge < -0.3 is 0 Å². The Morgan fingerprint density at radius 2 is 1.59 bits per heavy atom. The minimum Gasteiger partial charge on any atom is -0.212 e. The third-order valence-electron chi connectivity index (χ3n) is 2.44. The predicted molar refractivity (Wildman–Crippen MR) is 77.0 cm³/mol. The highest BCUT2D eigenvalue weighted by Gasteiger charge is 2.30. The molecule has 0 saturated heterocycles. The van der Waals surface area contributed by atoms with Crippen LogP contribution in [0.25, 0.3) is 0 Å². The molecule has 1 unspecified atom stereocenters. The summed E-state index contributed by atoms with van der Waals surface area (Å²) in [5.41, 5.74) is 0.968. The molecule has 98 valence electrons. The fourth-order valence-corrected chi connectivity index (χ4v) is 2.17. The zero-order valence-corrected chi connectivity index (χ0v) is 12.5. The van der Waals surface area contributed by atoms with Crippen molar-refractivity contribution in [3.8, 4) is 0 Å². The van der Waals surface area contributed by atoms with E-state index < -0.39 is 14.8 Å². The largest absolute Gasteiger partial charge is 0.217 e. The van der Waals surface area contributed by atoms with Crippen molar-refractivity contribution in [3.63, 3.8) is 0 Å². The molecule has 0 aliphatic heterocycles. The Labute approximate surface area is 111 Å². The van der Waals surface area contributed by atoms with Crippen molar-refractivity contribution in [1.82, 2.24) is 4.72 Å². The van der Waals surface area contributed by atoms with Gasteiger partial charge in [-0.15, -0.1) is 0 Å². The Morgan fingerprint density at radius 1 is 1.12 bits per heavy atom. The standard InChI is InChI=1S/C12H19NO2S.H2S/c1-10(11-8-6-5-7-9-11)13-16(14,15)12(2,3)4;/h5-10,13H,1-4H3;1H2. The summed E-state index contributed by atoms with van der Waals surface area (Å²) in [5, 5.41) is 0. The molecule has 1 atom stereocenters. The molecule has 0 saturated carbocycles. The van der Waals surface area contributed by atoms with Crippen LogP contribution in [0.5, 0.6) is 0 Å². The van der Waals surface area contributed by atoms with Crippen molar-refractivity contribution >= 4 is 23.5 Å². The van der Waals surface area contributed by atoms with Crippen LogP contribution in [0.4, 0.5) is 0 Å². The fourth-order valence-electron chi connectivity index (χ4n) is 1.22. The number of hydrogen-bond donors (Lipinski definition) is 1. The van der Waals surface area contributed by atoms with E-state index in [0.717, 1.165) is 5.56 Å². The molecule has 0 spiro atoms. The summed E-state index contributed by atoms with van der Waals surface area (Å²) < 4.78 is 25.8. The van der Waals surface area contributed by atoms with Gasteiger partial charge in [0.25, 0.3) is 0 Å². The van der Waals surface area contributed by atoms with E-state index in [2.05, 4.69) is 4.72 Å². The topological polar surface area (TPSA) is 46.2 Å². The first-order chi connectivity index (χ1) is 7.24. The molecule has 0 heterocycles. The van der Waals surface area contributed by atoms with E-state index in [1.165, 1.54) is 0 Å². The van der Waals surface area contributed by atoms with Gasteiger partial charge in [-0.05, 0) is 33.3 Å². The second-order valence-corrected chi connectivity index (χ2v) is 7.33. The van der Waals surface area contributed by atoms with Crippen LogP contribution in [0, 0.1) is 0 Å². The Balaban J connectivity index is 0.00000256. The lowest BCUT2D eigenvalue weighted by molar-refractivity contribution is 0.532. The minimum absolute atomic E-state index is 0. The summed E-state index contributed by atoms with van der Waals surface area (Å²) >= 11 is 0. The van der Waals surface area contributed by atoms with Crippen molar-refractivity contribution < 1.29 is 8.42 Å². The van der Waals surface area contributed by atoms with Crippen molar-refractivity contribution in [2.45, 2.75) is 38.5 Å². The van der Waals surface area contributed by atoms with Gasteiger partial charge in [-0.2, -0.15) is 13.5 Å². The molecule has 0 amide bonds. The highest BCUT2D eigenvalue weighted by molar-refractivity contribution is 7.90. The maximum atomic E-state index is 11.9. The number of sulfonamides is 1. The lowest BCUT2D eigenvalue weighted by Gasteiger charge is -2.23. The molecular weight excluding hydrogens is 254 g/mol. The normalized spacial score (nSPS) is 13.9. The summed E-state index contributed by atoms with van der Waals surface area (Å²) in [7, 11) is -3.30. The third-order valence-corrected chi connectivity index (χ3v) is 4.71. The van der Waals surface area contributed by atoms with E-state index in [-0.39, 0.29) is 19.5 Å². The summed E-state index contributed by atoms with van der Waals surface area (Å²) in [6.07, 6.45) is 0. The van der Waals surface area contributed by atoms with Crippen LogP contribution in [-0.4, -0.2) is 13.2 Å². The Kier molecular flexibility index (Phi) is 5.71. The van der Waals surface area contributed by atoms with E-state index in [9.17, 15) is 8.42 Å². The number of benzene rings is 1. The van der Waals surface area contributed by atoms with Crippen LogP contribution < -0.4 is 4.72 Å². The molecule has 0 aromatic heterocycles. The lowest BCUT2D eigenvalue weighted by atomic mass is 10.1. The van der Waals surface area contributed by atoms with Crippen molar-refractivity contribution in [1.29, 1.82) is 0 Å². The van der Waals surface area contributed by atoms with Crippen molar-refractivity contribution in [3.05, 3.63) is 35.9 Å². The number of nitrogens with one attached hydrogen (secondary N) is 1. The van der Waals surface area contributed by atoms with Crippen LogP contribution in [0.2, 0.25) is 0 Å². The van der Waals surface area contributed by atoms with Crippen LogP contribution in [0.1, 0.15) is 39.3 Å². The smallest absolute Gasteiger partial charge is 0.212 e. The quantitative estimate of drug-likeness (QED) is 0.921. The average Bonchev–Trinajstić information content (AvgIpc) is 2.16. The molecule has 0 bridgehead atoms. The maximum Gasteiger partial charge on any atom is 0.217 e. The van der Waals surface area contributed by atoms with Gasteiger partial charge in [0.05, 0.1) is 4.75 Å². The zero-order valence-electron chi connectivity index (χ0n) is 10.7. The highest BCUT2D eigenvalue weighted by atomic mass is 32.2. The van der Waals surface area contributed by atoms with Crippen LogP contribution in [0.15, 0.2) is 30.3 Å². The molecule has 0 radical (unpaired) electrons. The molecular formula is C12H21NO2S2. The van der Waals surface area contributed by atoms with Crippen LogP contribution >= 0.6 is 13.5 Å². The van der Waals surface area contributed by atoms with E-state index >= 15 is 0 Å². The highest BCUT2D eigenvalue weighted by Crippen LogP contribution is 2.19. The van der Waals surface area contributed by atoms with Crippen molar-refractivity contribution in [2.75, 3.05) is 0 Å². The number of hydrogen-bond acceptors (Lipinski definition) is 2. The Hall–Kier alpha value is -0.520. The van der Waals surface area contributed by atoms with Crippen molar-refractivity contribution in [2.24, 2.45) is 0 Å². The summed E-state index contributed by atoms with van der Waals surface area (Å²) in [4.78, 5) is 0. The Morgan fingerprint density at radius 3 is 2.00 bits per heavy atom. The molecule has 1 N–H and O–H groups in total. The van der Waals surface area contributed by atoms with Gasteiger partial charge in [0.1, 0.15) is 0 Å². The van der Waals surface area contributed by atoms with Gasteiger partial charge in [0.2, 0.25) is 10.0 Å². The first-order valence-corrected chi connectivity index (χ1v) is 6.79. The number of rotatable bonds is 3. The lowest BCUT2D eigenvalue weighted by Crippen LogP contribution is -2.40. The Bertz CT molecular complexity index is 435. The van der Waals surface area contributed by atoms with Crippen LogP contribution in [-0.2, 0) is 10.0 Å². The van der Waals surface area contributed by atoms with Gasteiger partial charge in [0, 0.05) is 6.04 Å². The summed E-state index contributed by atoms with van der Waals surface area (Å²) in [6, 6.07) is 9.33. The predicted octanol–water partition coefficient (Wildman–Crippen LogP) is 2.58. The first-order valence-electron chi connectivity index (χ1n) is 5.31. The molecule has 1 aromatic carbocycles. The average molecular weight is 275 g/mol. The van der Waals surface area contributed by atoms with Gasteiger partial charge in [-0.1, -0.05) is 30.3 Å². The van der Waals surface area contributed by atoms with Gasteiger partial charge in [0.15, 0.2) is 0 Å². The summed E-state index contributed by atoms with van der Waals surface area (Å²) in [5.74, 6) is 0. The van der Waals surface area contributed by atoms with Gasteiger partial charge >= 0.3 is 0 Å². The van der Waals surface area contributed by atoms with E-state index in [4.69, 9.17) is 0 Å².